The number of carbonyl (C=O) groups excluding carboxylic acids is 1. The lowest BCUT2D eigenvalue weighted by molar-refractivity contribution is -0.248. The quantitative estimate of drug-likeness (QED) is 0.592. The lowest BCUT2D eigenvalue weighted by atomic mass is 9.80. The topological polar surface area (TPSA) is 35.5 Å². The van der Waals surface area contributed by atoms with Gasteiger partial charge in [-0.25, -0.2) is 0 Å². The fourth-order valence-corrected chi connectivity index (χ4v) is 2.96. The largest absolute Gasteiger partial charge is 0.430 e. The van der Waals surface area contributed by atoms with Crippen LogP contribution in [-0.2, 0) is 20.1 Å². The summed E-state index contributed by atoms with van der Waals surface area (Å²) in [7, 11) is 1.62. The van der Waals surface area contributed by atoms with E-state index in [4.69, 9.17) is 9.47 Å². The lowest BCUT2D eigenvalue weighted by Gasteiger charge is -2.39. The second kappa shape index (κ2) is 6.01. The van der Waals surface area contributed by atoms with E-state index in [0.717, 1.165) is 18.4 Å². The minimum absolute atomic E-state index is 0.240. The van der Waals surface area contributed by atoms with E-state index in [9.17, 15) is 4.79 Å². The average Bonchev–Trinajstić information content (AvgIpc) is 2.47. The molecule has 0 bridgehead atoms. The monoisotopic (exact) mass is 248 g/mol. The Hall–Kier alpha value is -1.35. The van der Waals surface area contributed by atoms with Crippen LogP contribution in [0.5, 0.6) is 0 Å². The first-order valence-corrected chi connectivity index (χ1v) is 6.55. The van der Waals surface area contributed by atoms with Crippen molar-refractivity contribution in [1.82, 2.24) is 0 Å². The molecule has 3 heteroatoms. The van der Waals surface area contributed by atoms with Gasteiger partial charge in [0.25, 0.3) is 6.47 Å². The van der Waals surface area contributed by atoms with Crippen molar-refractivity contribution in [3.05, 3.63) is 35.9 Å². The maximum atomic E-state index is 10.9. The smallest absolute Gasteiger partial charge is 0.295 e. The van der Waals surface area contributed by atoms with Gasteiger partial charge < -0.3 is 9.47 Å². The van der Waals surface area contributed by atoms with Crippen LogP contribution in [0.4, 0.5) is 0 Å². The van der Waals surface area contributed by atoms with E-state index in [0.29, 0.717) is 6.47 Å². The molecule has 1 aliphatic carbocycles. The Balaban J connectivity index is 2.34. The summed E-state index contributed by atoms with van der Waals surface area (Å²) in [5.74, 6) is -0.674. The number of carbonyl (C=O) groups is 1. The predicted octanol–water partition coefficient (Wildman–Crippen LogP) is 3.24. The van der Waals surface area contributed by atoms with Gasteiger partial charge in [0.1, 0.15) is 0 Å². The molecule has 1 aromatic carbocycles. The Morgan fingerprint density at radius 2 is 1.83 bits per heavy atom. The molecule has 2 rings (SSSR count). The summed E-state index contributed by atoms with van der Waals surface area (Å²) in [6.45, 7) is 0.505. The van der Waals surface area contributed by atoms with Crippen LogP contribution in [0, 0.1) is 5.92 Å². The first kappa shape index (κ1) is 13.1. The van der Waals surface area contributed by atoms with Crippen molar-refractivity contribution in [3.8, 4) is 0 Å². The summed E-state index contributed by atoms with van der Waals surface area (Å²) in [6, 6.07) is 9.76. The van der Waals surface area contributed by atoms with E-state index in [1.807, 2.05) is 30.3 Å². The molecule has 1 aliphatic rings. The first-order valence-electron chi connectivity index (χ1n) is 6.55. The molecule has 0 aliphatic heterocycles. The molecule has 1 unspecified atom stereocenters. The van der Waals surface area contributed by atoms with Crippen LogP contribution in [0.15, 0.2) is 30.3 Å². The molecular formula is C15H20O3. The van der Waals surface area contributed by atoms with E-state index in [1.165, 1.54) is 19.3 Å². The van der Waals surface area contributed by atoms with E-state index < -0.39 is 5.79 Å². The second-order valence-corrected chi connectivity index (χ2v) is 4.79. The minimum atomic E-state index is -0.913. The lowest BCUT2D eigenvalue weighted by Crippen LogP contribution is -2.41. The van der Waals surface area contributed by atoms with Gasteiger partial charge in [-0.2, -0.15) is 0 Å². The predicted molar refractivity (Wildman–Crippen MR) is 68.9 cm³/mol. The maximum absolute atomic E-state index is 10.9. The number of rotatable bonds is 5. The van der Waals surface area contributed by atoms with E-state index in [-0.39, 0.29) is 5.92 Å². The summed E-state index contributed by atoms with van der Waals surface area (Å²) in [4.78, 5) is 10.9. The van der Waals surface area contributed by atoms with Gasteiger partial charge in [-0.3, -0.25) is 4.79 Å². The Morgan fingerprint density at radius 3 is 2.39 bits per heavy atom. The Bertz CT molecular complexity index is 371. The molecule has 0 N–H and O–H groups in total. The molecule has 98 valence electrons. The van der Waals surface area contributed by atoms with Gasteiger partial charge in [0, 0.05) is 18.6 Å². The van der Waals surface area contributed by atoms with E-state index in [1.54, 1.807) is 7.11 Å². The normalized spacial score (nSPS) is 20.1. The molecule has 0 saturated heterocycles. The number of methoxy groups -OCH3 is 1. The first-order chi connectivity index (χ1) is 8.83. The highest BCUT2D eigenvalue weighted by Crippen LogP contribution is 2.42. The van der Waals surface area contributed by atoms with Gasteiger partial charge in [0.05, 0.1) is 0 Å². The average molecular weight is 248 g/mol. The molecule has 0 spiro atoms. The van der Waals surface area contributed by atoms with E-state index in [2.05, 4.69) is 0 Å². The summed E-state index contributed by atoms with van der Waals surface area (Å²) in [5, 5.41) is 0. The van der Waals surface area contributed by atoms with Gasteiger partial charge in [-0.05, 0) is 12.8 Å². The molecule has 1 atom stereocenters. The van der Waals surface area contributed by atoms with Gasteiger partial charge in [-0.15, -0.1) is 0 Å². The molecular weight excluding hydrogens is 228 g/mol. The summed E-state index contributed by atoms with van der Waals surface area (Å²) < 4.78 is 11.1. The van der Waals surface area contributed by atoms with E-state index >= 15 is 0 Å². The van der Waals surface area contributed by atoms with Gasteiger partial charge in [-0.1, -0.05) is 49.6 Å². The van der Waals surface area contributed by atoms with Crippen LogP contribution in [-0.4, -0.2) is 13.6 Å². The molecule has 18 heavy (non-hydrogen) atoms. The van der Waals surface area contributed by atoms with Crippen LogP contribution in [0.2, 0.25) is 0 Å². The highest BCUT2D eigenvalue weighted by Gasteiger charge is 2.43. The Labute approximate surface area is 108 Å². The van der Waals surface area contributed by atoms with Crippen molar-refractivity contribution in [2.24, 2.45) is 5.92 Å². The van der Waals surface area contributed by atoms with Crippen molar-refractivity contribution < 1.29 is 14.3 Å². The summed E-state index contributed by atoms with van der Waals surface area (Å²) in [5.41, 5.74) is 0.923. The molecule has 1 saturated carbocycles. The maximum Gasteiger partial charge on any atom is 0.295 e. The van der Waals surface area contributed by atoms with Crippen molar-refractivity contribution >= 4 is 6.47 Å². The fourth-order valence-electron chi connectivity index (χ4n) is 2.96. The van der Waals surface area contributed by atoms with Crippen molar-refractivity contribution in [1.29, 1.82) is 0 Å². The zero-order valence-corrected chi connectivity index (χ0v) is 10.8. The molecule has 3 nitrogen and oxygen atoms in total. The number of benzene rings is 1. The molecule has 0 radical (unpaired) electrons. The van der Waals surface area contributed by atoms with Crippen molar-refractivity contribution in [3.63, 3.8) is 0 Å². The number of hydrogen-bond acceptors (Lipinski definition) is 3. The minimum Gasteiger partial charge on any atom is -0.430 e. The van der Waals surface area contributed by atoms with Crippen LogP contribution < -0.4 is 0 Å². The highest BCUT2D eigenvalue weighted by atomic mass is 16.7. The SMILES string of the molecule is COC(OC=O)(c1ccccc1)C1CCCCC1. The van der Waals surface area contributed by atoms with Crippen molar-refractivity contribution in [2.45, 2.75) is 37.9 Å². The zero-order valence-electron chi connectivity index (χ0n) is 10.8. The highest BCUT2D eigenvalue weighted by molar-refractivity contribution is 5.40. The number of hydrogen-bond donors (Lipinski definition) is 0. The molecule has 1 aromatic rings. The third kappa shape index (κ3) is 2.41. The number of ether oxygens (including phenoxy) is 2. The zero-order chi connectivity index (χ0) is 12.8. The standard InChI is InChI=1S/C15H20O3/c1-17-15(18-12-16,13-8-4-2-5-9-13)14-10-6-3-7-11-14/h2,4-5,8-9,12,14H,3,6-7,10-11H2,1H3. The van der Waals surface area contributed by atoms with Crippen LogP contribution >= 0.6 is 0 Å². The second-order valence-electron chi connectivity index (χ2n) is 4.79. The van der Waals surface area contributed by atoms with Gasteiger partial charge >= 0.3 is 0 Å². The Kier molecular flexibility index (Phi) is 4.37. The third-order valence-electron chi connectivity index (χ3n) is 3.85. The van der Waals surface area contributed by atoms with Crippen LogP contribution in [0.1, 0.15) is 37.7 Å². The summed E-state index contributed by atoms with van der Waals surface area (Å²) in [6.07, 6.45) is 5.68. The van der Waals surface area contributed by atoms with Crippen LogP contribution in [0.3, 0.4) is 0 Å². The fraction of sp³-hybridized carbons (Fsp3) is 0.533. The molecule has 0 heterocycles. The van der Waals surface area contributed by atoms with Gasteiger partial charge in [0.15, 0.2) is 0 Å². The molecule has 1 fully saturated rings. The Morgan fingerprint density at radius 1 is 1.17 bits per heavy atom. The molecule has 0 amide bonds. The molecule has 0 aromatic heterocycles. The summed E-state index contributed by atoms with van der Waals surface area (Å²) >= 11 is 0. The van der Waals surface area contributed by atoms with Crippen LogP contribution in [0.25, 0.3) is 0 Å². The third-order valence-corrected chi connectivity index (χ3v) is 3.85. The van der Waals surface area contributed by atoms with Crippen molar-refractivity contribution in [2.75, 3.05) is 7.11 Å². The van der Waals surface area contributed by atoms with Gasteiger partial charge in [0.2, 0.25) is 5.79 Å².